The monoisotopic (exact) mass is 201 g/mol. The van der Waals surface area contributed by atoms with Gasteiger partial charge in [-0.2, -0.15) is 0 Å². The number of phenolic OH excluding ortho intramolecular Hbond substituents is 1. The summed E-state index contributed by atoms with van der Waals surface area (Å²) in [7, 11) is 0. The number of aliphatic imine (C=N–C) groups is 1. The Morgan fingerprint density at radius 3 is 2.67 bits per heavy atom. The zero-order valence-corrected chi connectivity index (χ0v) is 8.13. The van der Waals surface area contributed by atoms with Crippen LogP contribution in [0.15, 0.2) is 41.5 Å². The predicted octanol–water partition coefficient (Wildman–Crippen LogP) is 1.72. The Morgan fingerprint density at radius 1 is 1.27 bits per heavy atom. The fraction of sp³-hybridized carbons (Fsp3) is 0.167. The largest absolute Gasteiger partial charge is 0.508 e. The summed E-state index contributed by atoms with van der Waals surface area (Å²) in [5, 5.41) is 9.11. The van der Waals surface area contributed by atoms with Gasteiger partial charge in [-0.05, 0) is 24.1 Å². The van der Waals surface area contributed by atoms with Crippen LogP contribution in [-0.4, -0.2) is 17.1 Å². The van der Waals surface area contributed by atoms with Gasteiger partial charge in [0.2, 0.25) is 0 Å². The molecule has 1 aliphatic heterocycles. The fourth-order valence-corrected chi connectivity index (χ4v) is 1.51. The average molecular weight is 201 g/mol. The predicted molar refractivity (Wildman–Crippen MR) is 57.9 cm³/mol. The molecule has 0 fully saturated rings. The number of hydrogen-bond acceptors (Lipinski definition) is 3. The van der Waals surface area contributed by atoms with E-state index in [2.05, 4.69) is 4.99 Å². The molecule has 0 amide bonds. The number of benzene rings is 1. The highest BCUT2D eigenvalue weighted by Gasteiger charge is 2.16. The van der Waals surface area contributed by atoms with Crippen LogP contribution in [0.1, 0.15) is 5.56 Å². The van der Waals surface area contributed by atoms with Crippen LogP contribution >= 0.6 is 0 Å². The van der Waals surface area contributed by atoms with E-state index in [1.807, 2.05) is 12.1 Å². The SMILES string of the molecule is O=C1C=CN=CC1Cc1ccc(O)cc1. The average Bonchev–Trinajstić information content (AvgIpc) is 2.25. The van der Waals surface area contributed by atoms with Gasteiger partial charge in [0.05, 0.1) is 5.92 Å². The minimum atomic E-state index is -0.167. The molecule has 1 aromatic rings. The van der Waals surface area contributed by atoms with Crippen molar-refractivity contribution < 1.29 is 9.90 Å². The highest BCUT2D eigenvalue weighted by atomic mass is 16.3. The van der Waals surface area contributed by atoms with Gasteiger partial charge in [0.1, 0.15) is 5.75 Å². The van der Waals surface area contributed by atoms with Gasteiger partial charge < -0.3 is 5.11 Å². The number of rotatable bonds is 2. The second-order valence-electron chi connectivity index (χ2n) is 3.49. The van der Waals surface area contributed by atoms with Crippen LogP contribution in [0, 0.1) is 5.92 Å². The van der Waals surface area contributed by atoms with Crippen molar-refractivity contribution >= 4 is 12.0 Å². The highest BCUT2D eigenvalue weighted by Crippen LogP contribution is 2.15. The number of carbonyl (C=O) groups is 1. The summed E-state index contributed by atoms with van der Waals surface area (Å²) in [5.41, 5.74) is 1.02. The van der Waals surface area contributed by atoms with E-state index in [9.17, 15) is 4.79 Å². The van der Waals surface area contributed by atoms with Crippen LogP contribution < -0.4 is 0 Å². The second kappa shape index (κ2) is 4.09. The van der Waals surface area contributed by atoms with Crippen LogP contribution in [0.2, 0.25) is 0 Å². The summed E-state index contributed by atoms with van der Waals surface area (Å²) in [6.07, 6.45) is 5.29. The van der Waals surface area contributed by atoms with E-state index in [0.29, 0.717) is 6.42 Å². The molecule has 0 spiro atoms. The molecule has 1 aliphatic rings. The first kappa shape index (κ1) is 9.65. The highest BCUT2D eigenvalue weighted by molar-refractivity contribution is 6.03. The van der Waals surface area contributed by atoms with Crippen molar-refractivity contribution in [3.63, 3.8) is 0 Å². The van der Waals surface area contributed by atoms with Gasteiger partial charge in [-0.25, -0.2) is 0 Å². The summed E-state index contributed by atoms with van der Waals surface area (Å²) in [5.74, 6) is 0.153. The maximum Gasteiger partial charge on any atom is 0.165 e. The van der Waals surface area contributed by atoms with E-state index in [1.54, 1.807) is 18.3 Å². The summed E-state index contributed by atoms with van der Waals surface area (Å²) < 4.78 is 0. The summed E-state index contributed by atoms with van der Waals surface area (Å²) in [4.78, 5) is 15.4. The molecule has 1 unspecified atom stereocenters. The zero-order valence-electron chi connectivity index (χ0n) is 8.13. The molecular formula is C12H11NO2. The molecule has 1 aromatic carbocycles. The lowest BCUT2D eigenvalue weighted by atomic mass is 9.95. The van der Waals surface area contributed by atoms with Crippen LogP contribution in [0.4, 0.5) is 0 Å². The minimum absolute atomic E-state index is 0.0816. The molecule has 0 radical (unpaired) electrons. The molecule has 0 aromatic heterocycles. The molecular weight excluding hydrogens is 190 g/mol. The summed E-state index contributed by atoms with van der Waals surface area (Å²) >= 11 is 0. The smallest absolute Gasteiger partial charge is 0.165 e. The third-order valence-corrected chi connectivity index (χ3v) is 2.35. The van der Waals surface area contributed by atoms with E-state index >= 15 is 0 Å². The molecule has 15 heavy (non-hydrogen) atoms. The Balaban J connectivity index is 2.09. The standard InChI is InChI=1S/C12H11NO2/c14-11-3-1-9(2-4-11)7-10-8-13-6-5-12(10)15/h1-6,8,10,14H,7H2. The number of allylic oxidation sites excluding steroid dienone is 1. The van der Waals surface area contributed by atoms with E-state index < -0.39 is 0 Å². The molecule has 0 bridgehead atoms. The van der Waals surface area contributed by atoms with Crippen LogP contribution in [-0.2, 0) is 11.2 Å². The first-order valence-electron chi connectivity index (χ1n) is 4.77. The van der Waals surface area contributed by atoms with Crippen molar-refractivity contribution in [1.82, 2.24) is 0 Å². The molecule has 0 aliphatic carbocycles. The Kier molecular flexibility index (Phi) is 2.63. The van der Waals surface area contributed by atoms with Gasteiger partial charge in [-0.3, -0.25) is 9.79 Å². The number of aromatic hydroxyl groups is 1. The molecule has 0 saturated carbocycles. The Labute approximate surface area is 87.8 Å². The third kappa shape index (κ3) is 2.31. The number of ketones is 1. The Hall–Kier alpha value is -1.90. The van der Waals surface area contributed by atoms with E-state index in [4.69, 9.17) is 5.11 Å². The molecule has 2 rings (SSSR count). The lowest BCUT2D eigenvalue weighted by Gasteiger charge is -2.10. The van der Waals surface area contributed by atoms with Gasteiger partial charge >= 0.3 is 0 Å². The van der Waals surface area contributed by atoms with Crippen molar-refractivity contribution in [2.45, 2.75) is 6.42 Å². The lowest BCUT2D eigenvalue weighted by Crippen LogP contribution is -2.18. The van der Waals surface area contributed by atoms with Gasteiger partial charge in [0, 0.05) is 18.5 Å². The van der Waals surface area contributed by atoms with Crippen molar-refractivity contribution in [3.8, 4) is 5.75 Å². The third-order valence-electron chi connectivity index (χ3n) is 2.35. The van der Waals surface area contributed by atoms with Crippen molar-refractivity contribution in [3.05, 3.63) is 42.1 Å². The van der Waals surface area contributed by atoms with Crippen molar-refractivity contribution in [2.24, 2.45) is 10.9 Å². The van der Waals surface area contributed by atoms with E-state index in [1.165, 1.54) is 12.3 Å². The minimum Gasteiger partial charge on any atom is -0.508 e. The molecule has 1 heterocycles. The first-order chi connectivity index (χ1) is 7.25. The van der Waals surface area contributed by atoms with Gasteiger partial charge in [-0.1, -0.05) is 12.1 Å². The molecule has 1 atom stereocenters. The van der Waals surface area contributed by atoms with Crippen LogP contribution in [0.3, 0.4) is 0 Å². The van der Waals surface area contributed by atoms with Crippen molar-refractivity contribution in [2.75, 3.05) is 0 Å². The molecule has 3 heteroatoms. The lowest BCUT2D eigenvalue weighted by molar-refractivity contribution is -0.116. The Morgan fingerprint density at radius 2 is 2.00 bits per heavy atom. The number of nitrogens with zero attached hydrogens (tertiary/aromatic N) is 1. The topological polar surface area (TPSA) is 49.7 Å². The van der Waals surface area contributed by atoms with Crippen LogP contribution in [0.5, 0.6) is 5.75 Å². The maximum absolute atomic E-state index is 11.4. The van der Waals surface area contributed by atoms with Crippen molar-refractivity contribution in [1.29, 1.82) is 0 Å². The van der Waals surface area contributed by atoms with Crippen LogP contribution in [0.25, 0.3) is 0 Å². The number of hydrogen-bond donors (Lipinski definition) is 1. The maximum atomic E-state index is 11.4. The van der Waals surface area contributed by atoms with Gasteiger partial charge in [-0.15, -0.1) is 0 Å². The quantitative estimate of drug-likeness (QED) is 0.792. The van der Waals surface area contributed by atoms with E-state index in [0.717, 1.165) is 5.56 Å². The normalized spacial score (nSPS) is 19.5. The first-order valence-corrected chi connectivity index (χ1v) is 4.77. The van der Waals surface area contributed by atoms with Gasteiger partial charge in [0.15, 0.2) is 5.78 Å². The Bertz CT molecular complexity index is 418. The molecule has 3 nitrogen and oxygen atoms in total. The second-order valence-corrected chi connectivity index (χ2v) is 3.49. The molecule has 1 N–H and O–H groups in total. The fourth-order valence-electron chi connectivity index (χ4n) is 1.51. The van der Waals surface area contributed by atoms with E-state index in [-0.39, 0.29) is 17.5 Å². The van der Waals surface area contributed by atoms with Gasteiger partial charge in [0.25, 0.3) is 0 Å². The zero-order chi connectivity index (χ0) is 10.7. The number of phenols is 1. The molecule has 0 saturated heterocycles. The summed E-state index contributed by atoms with van der Waals surface area (Å²) in [6.45, 7) is 0. The number of carbonyl (C=O) groups excluding carboxylic acids is 1. The molecule has 76 valence electrons. The summed E-state index contributed by atoms with van der Waals surface area (Å²) in [6, 6.07) is 6.87.